The van der Waals surface area contributed by atoms with Crippen LogP contribution in [0, 0.1) is 0 Å². The Hall–Kier alpha value is -2.09. The van der Waals surface area contributed by atoms with Gasteiger partial charge in [-0.05, 0) is 82.9 Å². The number of amides is 1. The highest BCUT2D eigenvalue weighted by atomic mass is 35.5. The Balaban J connectivity index is 2.13. The second kappa shape index (κ2) is 12.6. The molecule has 0 unspecified atom stereocenters. The molecule has 1 amide bonds. The third kappa shape index (κ3) is 8.60. The average Bonchev–Trinajstić information content (AvgIpc) is 2.74. The number of carbonyl (C=O) groups is 1. The first-order valence-corrected chi connectivity index (χ1v) is 12.7. The van der Waals surface area contributed by atoms with Crippen molar-refractivity contribution in [2.24, 2.45) is 0 Å². The van der Waals surface area contributed by atoms with Crippen molar-refractivity contribution in [2.45, 2.75) is 81.2 Å². The molecular formula is C26H36ClNO5S. The van der Waals surface area contributed by atoms with Crippen molar-refractivity contribution in [1.82, 2.24) is 5.32 Å². The Bertz CT molecular complexity index is 963. The van der Waals surface area contributed by atoms with Crippen molar-refractivity contribution >= 4 is 29.5 Å². The maximum Gasteiger partial charge on any atom is 0.408 e. The van der Waals surface area contributed by atoms with Crippen LogP contribution in [0.4, 0.5) is 4.79 Å². The van der Waals surface area contributed by atoms with Crippen LogP contribution in [-0.4, -0.2) is 40.7 Å². The molecule has 34 heavy (non-hydrogen) atoms. The van der Waals surface area contributed by atoms with Gasteiger partial charge in [0.1, 0.15) is 17.1 Å². The Labute approximate surface area is 212 Å². The number of hydrogen-bond acceptors (Lipinski definition) is 6. The van der Waals surface area contributed by atoms with E-state index in [0.29, 0.717) is 41.5 Å². The number of aromatic hydroxyl groups is 1. The molecule has 3 N–H and O–H groups in total. The number of nitrogens with one attached hydrogen (secondary N) is 1. The van der Waals surface area contributed by atoms with E-state index in [1.54, 1.807) is 39.0 Å². The molecule has 2 rings (SSSR count). The minimum Gasteiger partial charge on any atom is -0.507 e. The molecule has 0 saturated heterocycles. The van der Waals surface area contributed by atoms with Crippen LogP contribution in [0.25, 0.3) is 0 Å². The summed E-state index contributed by atoms with van der Waals surface area (Å²) in [7, 11) is 0. The smallest absolute Gasteiger partial charge is 0.408 e. The predicted octanol–water partition coefficient (Wildman–Crippen LogP) is 6.58. The molecule has 8 heteroatoms. The Morgan fingerprint density at radius 2 is 1.85 bits per heavy atom. The van der Waals surface area contributed by atoms with E-state index in [1.165, 1.54) is 11.8 Å². The fourth-order valence-electron chi connectivity index (χ4n) is 3.57. The maximum absolute atomic E-state index is 12.4. The third-order valence-electron chi connectivity index (χ3n) is 5.16. The monoisotopic (exact) mass is 509 g/mol. The standard InChI is InChI=1S/C26H36ClNO5S/c1-6-13-26(17-29,28-24(31)33-25(3,4)5)14-12-18-8-10-20(16-21(18)27)34-23-15-19(32-7-2)9-11-22(23)30/h8-11,15-16,29-30H,6-7,12-14,17H2,1-5H3,(H,28,31)/t26-/m0/s1. The van der Waals surface area contributed by atoms with E-state index >= 15 is 0 Å². The van der Waals surface area contributed by atoms with Gasteiger partial charge >= 0.3 is 6.09 Å². The molecule has 2 aromatic carbocycles. The summed E-state index contributed by atoms with van der Waals surface area (Å²) in [6.45, 7) is 9.69. The van der Waals surface area contributed by atoms with E-state index in [4.69, 9.17) is 21.1 Å². The summed E-state index contributed by atoms with van der Waals surface area (Å²) in [4.78, 5) is 14.0. The van der Waals surface area contributed by atoms with Crippen LogP contribution in [0.15, 0.2) is 46.2 Å². The van der Waals surface area contributed by atoms with Crippen molar-refractivity contribution in [2.75, 3.05) is 13.2 Å². The zero-order valence-corrected chi connectivity index (χ0v) is 22.2. The second-order valence-electron chi connectivity index (χ2n) is 9.23. The van der Waals surface area contributed by atoms with Crippen LogP contribution in [0.5, 0.6) is 11.5 Å². The minimum atomic E-state index is -0.792. The van der Waals surface area contributed by atoms with Crippen LogP contribution in [-0.2, 0) is 11.2 Å². The third-order valence-corrected chi connectivity index (χ3v) is 6.55. The molecule has 0 saturated carbocycles. The lowest BCUT2D eigenvalue weighted by atomic mass is 9.87. The molecule has 0 aliphatic heterocycles. The van der Waals surface area contributed by atoms with Crippen LogP contribution in [0.2, 0.25) is 5.02 Å². The van der Waals surface area contributed by atoms with Crippen LogP contribution in [0.3, 0.4) is 0 Å². The zero-order valence-electron chi connectivity index (χ0n) is 20.6. The molecule has 6 nitrogen and oxygen atoms in total. The molecule has 0 spiro atoms. The first-order valence-electron chi connectivity index (χ1n) is 11.5. The summed E-state index contributed by atoms with van der Waals surface area (Å²) in [5.41, 5.74) is -0.497. The van der Waals surface area contributed by atoms with Gasteiger partial charge in [-0.2, -0.15) is 0 Å². The van der Waals surface area contributed by atoms with E-state index in [0.717, 1.165) is 16.9 Å². The molecule has 188 valence electrons. The van der Waals surface area contributed by atoms with Crippen molar-refractivity contribution < 1.29 is 24.5 Å². The predicted molar refractivity (Wildman–Crippen MR) is 137 cm³/mol. The summed E-state index contributed by atoms with van der Waals surface area (Å²) >= 11 is 7.98. The first-order chi connectivity index (χ1) is 16.0. The number of phenols is 1. The number of hydrogen-bond donors (Lipinski definition) is 3. The van der Waals surface area contributed by atoms with Crippen molar-refractivity contribution in [3.8, 4) is 11.5 Å². The summed E-state index contributed by atoms with van der Waals surface area (Å²) < 4.78 is 10.9. The molecule has 1 atom stereocenters. The van der Waals surface area contributed by atoms with Crippen LogP contribution in [0.1, 0.15) is 59.4 Å². The molecule has 0 radical (unpaired) electrons. The number of ether oxygens (including phenoxy) is 2. The van der Waals surface area contributed by atoms with Crippen molar-refractivity contribution in [3.63, 3.8) is 0 Å². The van der Waals surface area contributed by atoms with Crippen molar-refractivity contribution in [1.29, 1.82) is 0 Å². The van der Waals surface area contributed by atoms with Crippen LogP contribution >= 0.6 is 23.4 Å². The Morgan fingerprint density at radius 1 is 1.12 bits per heavy atom. The molecule has 0 fully saturated rings. The lowest BCUT2D eigenvalue weighted by Crippen LogP contribution is -2.53. The van der Waals surface area contributed by atoms with E-state index in [1.807, 2.05) is 32.0 Å². The number of aryl methyl sites for hydroxylation is 1. The topological polar surface area (TPSA) is 88.0 Å². The minimum absolute atomic E-state index is 0.175. The number of phenolic OH excluding ortho intramolecular Hbond substituents is 1. The van der Waals surface area contributed by atoms with Gasteiger partial charge in [0.15, 0.2) is 0 Å². The van der Waals surface area contributed by atoms with Gasteiger partial charge < -0.3 is 25.0 Å². The fourth-order valence-corrected chi connectivity index (χ4v) is 4.83. The van der Waals surface area contributed by atoms with E-state index in [2.05, 4.69) is 5.32 Å². The molecule has 0 aromatic heterocycles. The Morgan fingerprint density at radius 3 is 2.44 bits per heavy atom. The van der Waals surface area contributed by atoms with E-state index in [9.17, 15) is 15.0 Å². The fraction of sp³-hybridized carbons (Fsp3) is 0.500. The number of halogens is 1. The summed E-state index contributed by atoms with van der Waals surface area (Å²) in [6, 6.07) is 10.9. The lowest BCUT2D eigenvalue weighted by Gasteiger charge is -2.34. The van der Waals surface area contributed by atoms with Gasteiger partial charge in [0.25, 0.3) is 0 Å². The lowest BCUT2D eigenvalue weighted by molar-refractivity contribution is 0.0373. The largest absolute Gasteiger partial charge is 0.507 e. The van der Waals surface area contributed by atoms with Gasteiger partial charge in [-0.1, -0.05) is 42.8 Å². The molecule has 2 aromatic rings. The molecule has 0 bridgehead atoms. The first kappa shape index (κ1) is 28.1. The van der Waals surface area contributed by atoms with Gasteiger partial charge in [-0.3, -0.25) is 0 Å². The molecular weight excluding hydrogens is 474 g/mol. The number of alkyl carbamates (subject to hydrolysis) is 1. The number of carbonyl (C=O) groups excluding carboxylic acids is 1. The number of aliphatic hydroxyl groups excluding tert-OH is 1. The zero-order chi connectivity index (χ0) is 25.4. The van der Waals surface area contributed by atoms with E-state index < -0.39 is 17.2 Å². The normalized spacial score (nSPS) is 13.3. The second-order valence-corrected chi connectivity index (χ2v) is 10.8. The van der Waals surface area contributed by atoms with Gasteiger partial charge in [-0.15, -0.1) is 0 Å². The number of benzene rings is 2. The van der Waals surface area contributed by atoms with Gasteiger partial charge in [-0.25, -0.2) is 4.79 Å². The summed E-state index contributed by atoms with van der Waals surface area (Å²) in [5.74, 6) is 0.869. The average molecular weight is 510 g/mol. The Kier molecular flexibility index (Phi) is 10.4. The van der Waals surface area contributed by atoms with Gasteiger partial charge in [0.2, 0.25) is 0 Å². The summed E-state index contributed by atoms with van der Waals surface area (Å²) in [5, 5.41) is 23.8. The van der Waals surface area contributed by atoms with E-state index in [-0.39, 0.29) is 12.4 Å². The maximum atomic E-state index is 12.4. The van der Waals surface area contributed by atoms with Gasteiger partial charge in [0, 0.05) is 9.92 Å². The highest BCUT2D eigenvalue weighted by Gasteiger charge is 2.32. The highest BCUT2D eigenvalue weighted by molar-refractivity contribution is 7.99. The molecule has 0 heterocycles. The SMILES string of the molecule is CCC[C@@](CO)(CCc1ccc(Sc2cc(OCC)ccc2O)cc1Cl)NC(=O)OC(C)(C)C. The number of aliphatic hydroxyl groups is 1. The highest BCUT2D eigenvalue weighted by Crippen LogP contribution is 2.38. The van der Waals surface area contributed by atoms with Crippen molar-refractivity contribution in [3.05, 3.63) is 47.0 Å². The van der Waals surface area contributed by atoms with Gasteiger partial charge in [0.05, 0.1) is 23.6 Å². The molecule has 0 aliphatic rings. The summed E-state index contributed by atoms with van der Waals surface area (Å²) in [6.07, 6.45) is 1.96. The molecule has 0 aliphatic carbocycles. The number of rotatable bonds is 11. The quantitative estimate of drug-likeness (QED) is 0.317. The van der Waals surface area contributed by atoms with Crippen LogP contribution < -0.4 is 10.1 Å².